The molecule has 2 rings (SSSR count). The van der Waals surface area contributed by atoms with E-state index in [1.807, 2.05) is 39.8 Å². The summed E-state index contributed by atoms with van der Waals surface area (Å²) in [6.07, 6.45) is 0.354. The molecule has 0 radical (unpaired) electrons. The highest BCUT2D eigenvalue weighted by atomic mass is 32.1. The second kappa shape index (κ2) is 9.32. The van der Waals surface area contributed by atoms with Gasteiger partial charge in [-0.2, -0.15) is 0 Å². The summed E-state index contributed by atoms with van der Waals surface area (Å²) in [4.78, 5) is 31.2. The first kappa shape index (κ1) is 22.1. The van der Waals surface area contributed by atoms with E-state index < -0.39 is 5.54 Å². The third-order valence-corrected chi connectivity index (χ3v) is 5.47. The van der Waals surface area contributed by atoms with E-state index in [-0.39, 0.29) is 24.2 Å². The summed E-state index contributed by atoms with van der Waals surface area (Å²) >= 11 is 1.65. The highest BCUT2D eigenvalue weighted by Crippen LogP contribution is 2.20. The van der Waals surface area contributed by atoms with Crippen molar-refractivity contribution in [1.82, 2.24) is 9.80 Å². The molecule has 0 aliphatic carbocycles. The Morgan fingerprint density at radius 1 is 1.00 bits per heavy atom. The van der Waals surface area contributed by atoms with Crippen molar-refractivity contribution < 1.29 is 14.0 Å². The van der Waals surface area contributed by atoms with Crippen LogP contribution in [0, 0.1) is 12.7 Å². The Morgan fingerprint density at radius 3 is 2.14 bits per heavy atom. The van der Waals surface area contributed by atoms with E-state index in [0.29, 0.717) is 19.5 Å². The van der Waals surface area contributed by atoms with E-state index in [0.717, 1.165) is 10.4 Å². The zero-order chi connectivity index (χ0) is 20.9. The van der Waals surface area contributed by atoms with E-state index >= 15 is 0 Å². The molecule has 0 fully saturated rings. The molecule has 1 aromatic heterocycles. The zero-order valence-electron chi connectivity index (χ0n) is 17.3. The topological polar surface area (TPSA) is 40.6 Å². The lowest BCUT2D eigenvalue weighted by Gasteiger charge is -2.36. The van der Waals surface area contributed by atoms with Crippen LogP contribution < -0.4 is 0 Å². The van der Waals surface area contributed by atoms with E-state index in [1.54, 1.807) is 40.2 Å². The summed E-state index contributed by atoms with van der Waals surface area (Å²) in [5.74, 6) is -0.468. The Bertz CT molecular complexity index is 809. The monoisotopic (exact) mass is 404 g/mol. The summed E-state index contributed by atoms with van der Waals surface area (Å²) in [6, 6.07) is 10.2. The minimum Gasteiger partial charge on any atom is -0.332 e. The Labute approximate surface area is 171 Å². The van der Waals surface area contributed by atoms with Gasteiger partial charge in [0, 0.05) is 28.3 Å². The first-order chi connectivity index (χ1) is 13.1. The number of nitrogens with zero attached hydrogens (tertiary/aromatic N) is 2. The fourth-order valence-corrected chi connectivity index (χ4v) is 3.83. The van der Waals surface area contributed by atoms with Crippen molar-refractivity contribution in [2.24, 2.45) is 0 Å². The maximum atomic E-state index is 13.2. The molecule has 1 heterocycles. The molecule has 0 N–H and O–H groups in total. The molecule has 0 saturated heterocycles. The maximum absolute atomic E-state index is 13.2. The number of benzene rings is 1. The standard InChI is InChI=1S/C22H29FN2O2S/c1-6-20(26)25(22(3,4)5)15-21(27)24(14-19-12-7-16(2)28-19)13-17-8-10-18(23)11-9-17/h7-12H,6,13-15H2,1-5H3. The Kier molecular flexibility index (Phi) is 7.35. The number of thiophene rings is 1. The first-order valence-electron chi connectivity index (χ1n) is 9.48. The molecule has 0 spiro atoms. The van der Waals surface area contributed by atoms with Gasteiger partial charge in [0.25, 0.3) is 0 Å². The lowest BCUT2D eigenvalue weighted by molar-refractivity contribution is -0.145. The molecule has 28 heavy (non-hydrogen) atoms. The molecule has 2 aromatic rings. The summed E-state index contributed by atoms with van der Waals surface area (Å²) in [6.45, 7) is 10.5. The summed E-state index contributed by atoms with van der Waals surface area (Å²) < 4.78 is 13.2. The first-order valence-corrected chi connectivity index (χ1v) is 10.3. The highest BCUT2D eigenvalue weighted by molar-refractivity contribution is 7.11. The Balaban J connectivity index is 2.24. The largest absolute Gasteiger partial charge is 0.332 e. The molecule has 4 nitrogen and oxygen atoms in total. The molecule has 2 amide bonds. The predicted octanol–water partition coefficient (Wildman–Crippen LogP) is 4.76. The SMILES string of the molecule is CCC(=O)N(CC(=O)N(Cc1ccc(F)cc1)Cc1ccc(C)s1)C(C)(C)C. The van der Waals surface area contributed by atoms with Crippen LogP contribution in [-0.2, 0) is 22.7 Å². The van der Waals surface area contributed by atoms with Crippen molar-refractivity contribution in [3.63, 3.8) is 0 Å². The average molecular weight is 405 g/mol. The number of hydrogen-bond donors (Lipinski definition) is 0. The second-order valence-corrected chi connectivity index (χ2v) is 9.27. The molecule has 152 valence electrons. The van der Waals surface area contributed by atoms with Gasteiger partial charge in [0.05, 0.1) is 6.54 Å². The molecule has 0 unspecified atom stereocenters. The van der Waals surface area contributed by atoms with Gasteiger partial charge >= 0.3 is 0 Å². The van der Waals surface area contributed by atoms with Gasteiger partial charge in [-0.3, -0.25) is 9.59 Å². The van der Waals surface area contributed by atoms with Crippen molar-refractivity contribution in [3.05, 3.63) is 57.5 Å². The molecule has 0 bridgehead atoms. The highest BCUT2D eigenvalue weighted by Gasteiger charge is 2.29. The lowest BCUT2D eigenvalue weighted by atomic mass is 10.1. The molecule has 0 atom stereocenters. The Morgan fingerprint density at radius 2 is 1.64 bits per heavy atom. The lowest BCUT2D eigenvalue weighted by Crippen LogP contribution is -2.50. The fourth-order valence-electron chi connectivity index (χ4n) is 2.93. The number of carbonyl (C=O) groups is 2. The van der Waals surface area contributed by atoms with E-state index in [4.69, 9.17) is 0 Å². The van der Waals surface area contributed by atoms with Crippen LogP contribution in [0.25, 0.3) is 0 Å². The number of rotatable bonds is 7. The zero-order valence-corrected chi connectivity index (χ0v) is 18.1. The molecular formula is C22H29FN2O2S. The average Bonchev–Trinajstić information content (AvgIpc) is 3.04. The van der Waals surface area contributed by atoms with Crippen LogP contribution in [0.4, 0.5) is 4.39 Å². The molecular weight excluding hydrogens is 375 g/mol. The number of aryl methyl sites for hydroxylation is 1. The van der Waals surface area contributed by atoms with Crippen LogP contribution >= 0.6 is 11.3 Å². The van der Waals surface area contributed by atoms with Crippen molar-refractivity contribution in [3.8, 4) is 0 Å². The van der Waals surface area contributed by atoms with Crippen LogP contribution in [0.5, 0.6) is 0 Å². The fraction of sp³-hybridized carbons (Fsp3) is 0.455. The number of amides is 2. The van der Waals surface area contributed by atoms with Crippen LogP contribution in [0.3, 0.4) is 0 Å². The molecule has 6 heteroatoms. The summed E-state index contributed by atoms with van der Waals surface area (Å²) in [5.41, 5.74) is 0.413. The molecule has 0 aliphatic heterocycles. The number of carbonyl (C=O) groups excluding carboxylic acids is 2. The predicted molar refractivity (Wildman–Crippen MR) is 111 cm³/mol. The van der Waals surface area contributed by atoms with Gasteiger partial charge in [-0.1, -0.05) is 19.1 Å². The van der Waals surface area contributed by atoms with Gasteiger partial charge in [-0.15, -0.1) is 11.3 Å². The molecule has 1 aromatic carbocycles. The van der Waals surface area contributed by atoms with Crippen molar-refractivity contribution in [1.29, 1.82) is 0 Å². The van der Waals surface area contributed by atoms with Gasteiger partial charge < -0.3 is 9.80 Å². The van der Waals surface area contributed by atoms with Crippen molar-refractivity contribution in [2.75, 3.05) is 6.54 Å². The van der Waals surface area contributed by atoms with E-state index in [1.165, 1.54) is 17.0 Å². The van der Waals surface area contributed by atoms with Crippen LogP contribution in [0.15, 0.2) is 36.4 Å². The second-order valence-electron chi connectivity index (χ2n) is 7.89. The van der Waals surface area contributed by atoms with E-state index in [9.17, 15) is 14.0 Å². The third-order valence-electron chi connectivity index (χ3n) is 4.49. The minimum atomic E-state index is -0.441. The minimum absolute atomic E-state index is 0.0295. The van der Waals surface area contributed by atoms with Crippen LogP contribution in [-0.4, -0.2) is 33.7 Å². The number of halogens is 1. The molecule has 0 aliphatic rings. The van der Waals surface area contributed by atoms with Crippen molar-refractivity contribution >= 4 is 23.2 Å². The number of hydrogen-bond acceptors (Lipinski definition) is 3. The van der Waals surface area contributed by atoms with Crippen LogP contribution in [0.1, 0.15) is 49.4 Å². The van der Waals surface area contributed by atoms with Gasteiger partial charge in [-0.05, 0) is 57.5 Å². The van der Waals surface area contributed by atoms with E-state index in [2.05, 4.69) is 0 Å². The third kappa shape index (κ3) is 6.16. The van der Waals surface area contributed by atoms with Crippen molar-refractivity contribution in [2.45, 2.75) is 59.7 Å². The van der Waals surface area contributed by atoms with Gasteiger partial charge in [0.2, 0.25) is 11.8 Å². The van der Waals surface area contributed by atoms with Gasteiger partial charge in [0.15, 0.2) is 0 Å². The smallest absolute Gasteiger partial charge is 0.242 e. The Hall–Kier alpha value is -2.21. The summed E-state index contributed by atoms with van der Waals surface area (Å²) in [7, 11) is 0. The maximum Gasteiger partial charge on any atom is 0.242 e. The van der Waals surface area contributed by atoms with Gasteiger partial charge in [-0.25, -0.2) is 4.39 Å². The van der Waals surface area contributed by atoms with Gasteiger partial charge in [0.1, 0.15) is 12.4 Å². The normalized spacial score (nSPS) is 11.4. The van der Waals surface area contributed by atoms with Crippen LogP contribution in [0.2, 0.25) is 0 Å². The molecule has 0 saturated carbocycles. The quantitative estimate of drug-likeness (QED) is 0.667. The summed E-state index contributed by atoms with van der Waals surface area (Å²) in [5, 5.41) is 0.